The maximum absolute atomic E-state index is 11.8. The predicted octanol–water partition coefficient (Wildman–Crippen LogP) is 1.90. The van der Waals surface area contributed by atoms with E-state index in [1.165, 1.54) is 11.8 Å². The van der Waals surface area contributed by atoms with Crippen molar-refractivity contribution in [2.75, 3.05) is 36.3 Å². The Bertz CT molecular complexity index is 494. The largest absolute Gasteiger partial charge is 0.497 e. The molecule has 1 amide bonds. The minimum absolute atomic E-state index is 0.150. The van der Waals surface area contributed by atoms with E-state index in [2.05, 4.69) is 5.32 Å². The lowest BCUT2D eigenvalue weighted by Crippen LogP contribution is -2.14. The second kappa shape index (κ2) is 9.12. The molecule has 0 spiro atoms. The number of hydrogen-bond donors (Lipinski definition) is 2. The molecule has 1 rings (SSSR count). The van der Waals surface area contributed by atoms with Crippen LogP contribution >= 0.6 is 11.8 Å². The highest BCUT2D eigenvalue weighted by atomic mass is 32.2. The molecule has 0 aliphatic carbocycles. The summed E-state index contributed by atoms with van der Waals surface area (Å²) >= 11 is 1.36. The molecule has 0 atom stereocenters. The summed E-state index contributed by atoms with van der Waals surface area (Å²) in [7, 11) is 1.55. The van der Waals surface area contributed by atoms with Crippen LogP contribution in [0.2, 0.25) is 0 Å². The molecule has 0 saturated heterocycles. The maximum Gasteiger partial charge on any atom is 0.315 e. The van der Waals surface area contributed by atoms with Crippen molar-refractivity contribution in [3.05, 3.63) is 18.2 Å². The zero-order chi connectivity index (χ0) is 15.7. The molecule has 0 bridgehead atoms. The van der Waals surface area contributed by atoms with Crippen LogP contribution in [0.4, 0.5) is 11.4 Å². The third kappa shape index (κ3) is 6.40. The number of ether oxygens (including phenoxy) is 2. The van der Waals surface area contributed by atoms with Crippen molar-refractivity contribution in [2.24, 2.45) is 0 Å². The van der Waals surface area contributed by atoms with Gasteiger partial charge in [-0.25, -0.2) is 0 Å². The highest BCUT2D eigenvalue weighted by Crippen LogP contribution is 2.24. The predicted molar refractivity (Wildman–Crippen MR) is 84.6 cm³/mol. The molecule has 3 N–H and O–H groups in total. The van der Waals surface area contributed by atoms with Crippen molar-refractivity contribution in [1.29, 1.82) is 0 Å². The third-order valence-electron chi connectivity index (χ3n) is 2.53. The van der Waals surface area contributed by atoms with E-state index in [0.29, 0.717) is 35.9 Å². The van der Waals surface area contributed by atoms with Gasteiger partial charge in [0.15, 0.2) is 0 Å². The number of thioether (sulfide) groups is 1. The normalized spacial score (nSPS) is 10.0. The quantitative estimate of drug-likeness (QED) is 0.433. The van der Waals surface area contributed by atoms with Gasteiger partial charge < -0.3 is 20.5 Å². The van der Waals surface area contributed by atoms with E-state index >= 15 is 0 Å². The molecule has 21 heavy (non-hydrogen) atoms. The van der Waals surface area contributed by atoms with Crippen molar-refractivity contribution >= 4 is 35.0 Å². The number of amides is 1. The first kappa shape index (κ1) is 17.2. The second-order valence-corrected chi connectivity index (χ2v) is 5.21. The van der Waals surface area contributed by atoms with Crippen LogP contribution in [0.15, 0.2) is 18.2 Å². The average Bonchev–Trinajstić information content (AvgIpc) is 2.46. The standard InChI is InChI=1S/C14H20N2O4S/c1-3-20-14(18)9-21-7-6-13(17)16-12-5-4-10(19-2)8-11(12)15/h4-5,8H,3,6-7,9,15H2,1-2H3,(H,16,17). The number of esters is 1. The van der Waals surface area contributed by atoms with Crippen LogP contribution in [0.1, 0.15) is 13.3 Å². The first-order valence-electron chi connectivity index (χ1n) is 6.53. The molecular formula is C14H20N2O4S. The number of benzene rings is 1. The Morgan fingerprint density at radius 3 is 2.76 bits per heavy atom. The lowest BCUT2D eigenvalue weighted by molar-refractivity contribution is -0.139. The Morgan fingerprint density at radius 1 is 1.38 bits per heavy atom. The van der Waals surface area contributed by atoms with Crippen molar-refractivity contribution in [3.8, 4) is 5.75 Å². The van der Waals surface area contributed by atoms with Crippen LogP contribution in [0, 0.1) is 0 Å². The van der Waals surface area contributed by atoms with E-state index in [-0.39, 0.29) is 17.6 Å². The van der Waals surface area contributed by atoms with E-state index in [4.69, 9.17) is 15.2 Å². The third-order valence-corrected chi connectivity index (χ3v) is 3.46. The lowest BCUT2D eigenvalue weighted by atomic mass is 10.2. The van der Waals surface area contributed by atoms with E-state index in [1.807, 2.05) is 0 Å². The van der Waals surface area contributed by atoms with Gasteiger partial charge in [0.1, 0.15) is 5.75 Å². The van der Waals surface area contributed by atoms with E-state index in [0.717, 1.165) is 0 Å². The number of nitrogens with one attached hydrogen (secondary N) is 1. The topological polar surface area (TPSA) is 90.7 Å². The summed E-state index contributed by atoms with van der Waals surface area (Å²) < 4.78 is 9.83. The van der Waals surface area contributed by atoms with Gasteiger partial charge in [-0.05, 0) is 19.1 Å². The van der Waals surface area contributed by atoms with Crippen LogP contribution in [-0.4, -0.2) is 37.1 Å². The molecule has 7 heteroatoms. The van der Waals surface area contributed by atoms with Crippen molar-refractivity contribution in [3.63, 3.8) is 0 Å². The fraction of sp³-hybridized carbons (Fsp3) is 0.429. The molecule has 116 valence electrons. The first-order valence-corrected chi connectivity index (χ1v) is 7.69. The molecule has 0 unspecified atom stereocenters. The Kier molecular flexibility index (Phi) is 7.45. The van der Waals surface area contributed by atoms with E-state index < -0.39 is 0 Å². The van der Waals surface area contributed by atoms with Gasteiger partial charge in [-0.15, -0.1) is 11.8 Å². The van der Waals surface area contributed by atoms with Crippen LogP contribution in [0.25, 0.3) is 0 Å². The Morgan fingerprint density at radius 2 is 2.14 bits per heavy atom. The number of nitrogen functional groups attached to an aromatic ring is 1. The smallest absolute Gasteiger partial charge is 0.315 e. The maximum atomic E-state index is 11.8. The molecule has 1 aromatic carbocycles. The van der Waals surface area contributed by atoms with Crippen LogP contribution in [0.5, 0.6) is 5.75 Å². The summed E-state index contributed by atoms with van der Waals surface area (Å²) in [5.74, 6) is 1.02. The molecule has 0 aliphatic rings. The van der Waals surface area contributed by atoms with Gasteiger partial charge in [0.05, 0.1) is 30.8 Å². The fourth-order valence-electron chi connectivity index (χ4n) is 1.52. The highest BCUT2D eigenvalue weighted by Gasteiger charge is 2.07. The SMILES string of the molecule is CCOC(=O)CSCCC(=O)Nc1ccc(OC)cc1N. The van der Waals surface area contributed by atoms with Crippen LogP contribution in [0.3, 0.4) is 0 Å². The molecule has 0 aliphatic heterocycles. The van der Waals surface area contributed by atoms with Gasteiger partial charge in [-0.1, -0.05) is 0 Å². The number of nitrogens with two attached hydrogens (primary N) is 1. The van der Waals surface area contributed by atoms with Gasteiger partial charge in [-0.2, -0.15) is 0 Å². The Labute approximate surface area is 128 Å². The molecule has 6 nitrogen and oxygen atoms in total. The zero-order valence-electron chi connectivity index (χ0n) is 12.2. The summed E-state index contributed by atoms with van der Waals surface area (Å²) in [6, 6.07) is 5.06. The van der Waals surface area contributed by atoms with E-state index in [1.54, 1.807) is 32.2 Å². The number of carbonyl (C=O) groups excluding carboxylic acids is 2. The summed E-state index contributed by atoms with van der Waals surface area (Å²) in [4.78, 5) is 22.9. The molecule has 0 fully saturated rings. The van der Waals surface area contributed by atoms with Gasteiger partial charge in [0, 0.05) is 18.2 Å². The second-order valence-electron chi connectivity index (χ2n) is 4.11. The lowest BCUT2D eigenvalue weighted by Gasteiger charge is -2.09. The summed E-state index contributed by atoms with van der Waals surface area (Å²) in [5, 5.41) is 2.73. The molecule has 0 saturated carbocycles. The van der Waals surface area contributed by atoms with Gasteiger partial charge in [-0.3, -0.25) is 9.59 Å². The highest BCUT2D eigenvalue weighted by molar-refractivity contribution is 7.99. The molecule has 0 aromatic heterocycles. The zero-order valence-corrected chi connectivity index (χ0v) is 13.0. The minimum Gasteiger partial charge on any atom is -0.497 e. The van der Waals surface area contributed by atoms with Gasteiger partial charge in [0.25, 0.3) is 0 Å². The van der Waals surface area contributed by atoms with Crippen molar-refractivity contribution in [1.82, 2.24) is 0 Å². The number of rotatable bonds is 8. The number of methoxy groups -OCH3 is 1. The van der Waals surface area contributed by atoms with Crippen molar-refractivity contribution in [2.45, 2.75) is 13.3 Å². The van der Waals surface area contributed by atoms with Gasteiger partial charge >= 0.3 is 5.97 Å². The average molecular weight is 312 g/mol. The monoisotopic (exact) mass is 312 g/mol. The number of carbonyl (C=O) groups is 2. The van der Waals surface area contributed by atoms with Gasteiger partial charge in [0.2, 0.25) is 5.91 Å². The fourth-order valence-corrected chi connectivity index (χ4v) is 2.24. The minimum atomic E-state index is -0.262. The molecule has 1 aromatic rings. The summed E-state index contributed by atoms with van der Waals surface area (Å²) in [5.41, 5.74) is 6.81. The Hall–Kier alpha value is -1.89. The molecule has 0 heterocycles. The van der Waals surface area contributed by atoms with Crippen molar-refractivity contribution < 1.29 is 19.1 Å². The van der Waals surface area contributed by atoms with E-state index in [9.17, 15) is 9.59 Å². The molecular weight excluding hydrogens is 292 g/mol. The van der Waals surface area contributed by atoms with Crippen LogP contribution in [-0.2, 0) is 14.3 Å². The Balaban J connectivity index is 2.32. The van der Waals surface area contributed by atoms with Crippen LogP contribution < -0.4 is 15.8 Å². The first-order chi connectivity index (χ1) is 10.1. The number of hydrogen-bond acceptors (Lipinski definition) is 6. The summed E-state index contributed by atoms with van der Waals surface area (Å²) in [6.45, 7) is 2.13. The summed E-state index contributed by atoms with van der Waals surface area (Å²) in [6.07, 6.45) is 0.301. The molecule has 0 radical (unpaired) electrons. The number of anilines is 2.